The predicted octanol–water partition coefficient (Wildman–Crippen LogP) is 2.11. The molecule has 9 nitrogen and oxygen atoms in total. The maximum atomic E-state index is 11.8. The Bertz CT molecular complexity index is 1030. The number of ether oxygens (including phenoxy) is 1. The quantitative estimate of drug-likeness (QED) is 0.682. The number of fused-ring (bicyclic) bond motifs is 3. The van der Waals surface area contributed by atoms with Gasteiger partial charge in [0.25, 0.3) is 0 Å². The number of H-pyrrole nitrogens is 1. The van der Waals surface area contributed by atoms with Crippen LogP contribution in [-0.4, -0.2) is 51.5 Å². The number of aromatic amines is 1. The lowest BCUT2D eigenvalue weighted by molar-refractivity contribution is 0.0846. The van der Waals surface area contributed by atoms with Gasteiger partial charge in [0.1, 0.15) is 18.3 Å². The monoisotopic (exact) mass is 365 g/mol. The molecule has 4 heterocycles. The van der Waals surface area contributed by atoms with Crippen molar-refractivity contribution in [3.05, 3.63) is 24.7 Å². The van der Waals surface area contributed by atoms with E-state index >= 15 is 0 Å². The molecule has 1 amide bonds. The van der Waals surface area contributed by atoms with Crippen molar-refractivity contribution in [3.8, 4) is 6.07 Å². The van der Waals surface area contributed by atoms with Crippen LogP contribution in [0.25, 0.3) is 21.8 Å². The largest absolute Gasteiger partial charge is 0.444 e. The number of hydrogen-bond acceptors (Lipinski definition) is 7. The summed E-state index contributed by atoms with van der Waals surface area (Å²) in [4.78, 5) is 21.5. The van der Waals surface area contributed by atoms with Gasteiger partial charge in [-0.2, -0.15) is 10.4 Å². The summed E-state index contributed by atoms with van der Waals surface area (Å²) in [7, 11) is 0. The van der Waals surface area contributed by atoms with Gasteiger partial charge < -0.3 is 19.9 Å². The highest BCUT2D eigenvalue weighted by atomic mass is 16.6. The molecule has 27 heavy (non-hydrogen) atoms. The molecule has 138 valence electrons. The Kier molecular flexibility index (Phi) is 4.46. The molecular formula is C18H19N7O2. The van der Waals surface area contributed by atoms with Crippen LogP contribution in [0.15, 0.2) is 24.7 Å². The first-order chi connectivity index (χ1) is 13.2. The van der Waals surface area contributed by atoms with Gasteiger partial charge in [-0.3, -0.25) is 0 Å². The minimum atomic E-state index is -0.572. The minimum absolute atomic E-state index is 0.0705. The molecular weight excluding hydrogens is 346 g/mol. The molecule has 4 rings (SSSR count). The minimum Gasteiger partial charge on any atom is -0.444 e. The molecule has 9 heteroatoms. The third kappa shape index (κ3) is 3.21. The smallest absolute Gasteiger partial charge is 0.408 e. The van der Waals surface area contributed by atoms with E-state index in [1.54, 1.807) is 12.4 Å². The maximum absolute atomic E-state index is 11.8. The molecule has 0 bridgehead atoms. The molecule has 2 unspecified atom stereocenters. The van der Waals surface area contributed by atoms with E-state index in [-0.39, 0.29) is 18.7 Å². The fourth-order valence-electron chi connectivity index (χ4n) is 3.54. The number of carbonyl (C=O) groups excluding carboxylic acids is 1. The summed E-state index contributed by atoms with van der Waals surface area (Å²) >= 11 is 0. The molecule has 1 fully saturated rings. The van der Waals surface area contributed by atoms with Crippen molar-refractivity contribution in [2.75, 3.05) is 18.0 Å². The lowest BCUT2D eigenvalue weighted by atomic mass is 10.0. The van der Waals surface area contributed by atoms with Crippen molar-refractivity contribution >= 4 is 33.7 Å². The average molecular weight is 365 g/mol. The second-order valence-electron chi connectivity index (χ2n) is 6.61. The van der Waals surface area contributed by atoms with Crippen LogP contribution in [0.1, 0.15) is 19.8 Å². The van der Waals surface area contributed by atoms with E-state index in [9.17, 15) is 4.79 Å². The molecule has 0 aliphatic carbocycles. The van der Waals surface area contributed by atoms with E-state index in [0.717, 1.165) is 40.5 Å². The van der Waals surface area contributed by atoms with E-state index in [1.165, 1.54) is 0 Å². The number of rotatable bonds is 3. The summed E-state index contributed by atoms with van der Waals surface area (Å²) in [5.74, 6) is 0.762. The second kappa shape index (κ2) is 7.07. The SMILES string of the molecule is CC1CCC(OC(=O)NCC#N)CN1c1nncc2cnc3[nH]ccc3c12. The molecule has 0 aromatic carbocycles. The number of pyridine rings is 1. The van der Waals surface area contributed by atoms with E-state index < -0.39 is 6.09 Å². The van der Waals surface area contributed by atoms with Crippen LogP contribution in [-0.2, 0) is 4.74 Å². The second-order valence-corrected chi connectivity index (χ2v) is 6.61. The average Bonchev–Trinajstić information content (AvgIpc) is 3.16. The van der Waals surface area contributed by atoms with Crippen molar-refractivity contribution in [1.29, 1.82) is 5.26 Å². The van der Waals surface area contributed by atoms with Crippen molar-refractivity contribution in [2.24, 2.45) is 0 Å². The van der Waals surface area contributed by atoms with Gasteiger partial charge in [0.05, 0.1) is 18.8 Å². The Morgan fingerprint density at radius 2 is 2.37 bits per heavy atom. The third-order valence-corrected chi connectivity index (χ3v) is 4.89. The highest BCUT2D eigenvalue weighted by Gasteiger charge is 2.30. The number of anilines is 1. The Labute approximate surface area is 155 Å². The Balaban J connectivity index is 1.66. The maximum Gasteiger partial charge on any atom is 0.408 e. The summed E-state index contributed by atoms with van der Waals surface area (Å²) in [6.07, 6.45) is 6.11. The molecule has 3 aromatic rings. The number of nitrogens with one attached hydrogen (secondary N) is 2. The summed E-state index contributed by atoms with van der Waals surface area (Å²) in [6, 6.07) is 4.07. The van der Waals surface area contributed by atoms with Crippen LogP contribution in [0, 0.1) is 11.3 Å². The van der Waals surface area contributed by atoms with Gasteiger partial charge in [-0.25, -0.2) is 9.78 Å². The van der Waals surface area contributed by atoms with E-state index in [2.05, 4.69) is 37.3 Å². The number of nitriles is 1. The lowest BCUT2D eigenvalue weighted by Crippen LogP contribution is -2.47. The van der Waals surface area contributed by atoms with Gasteiger partial charge in [-0.05, 0) is 25.8 Å². The van der Waals surface area contributed by atoms with Crippen molar-refractivity contribution < 1.29 is 9.53 Å². The summed E-state index contributed by atoms with van der Waals surface area (Å²) in [6.45, 7) is 2.57. The number of aromatic nitrogens is 4. The summed E-state index contributed by atoms with van der Waals surface area (Å²) in [5.41, 5.74) is 0.796. The highest BCUT2D eigenvalue weighted by Crippen LogP contribution is 2.33. The van der Waals surface area contributed by atoms with Crippen molar-refractivity contribution in [1.82, 2.24) is 25.5 Å². The zero-order valence-electron chi connectivity index (χ0n) is 14.8. The van der Waals surface area contributed by atoms with Crippen LogP contribution >= 0.6 is 0 Å². The topological polar surface area (TPSA) is 120 Å². The molecule has 0 radical (unpaired) electrons. The van der Waals surface area contributed by atoms with Crippen LogP contribution in [0.5, 0.6) is 0 Å². The predicted molar refractivity (Wildman–Crippen MR) is 99.1 cm³/mol. The van der Waals surface area contributed by atoms with Crippen LogP contribution in [0.3, 0.4) is 0 Å². The molecule has 0 saturated carbocycles. The van der Waals surface area contributed by atoms with E-state index in [4.69, 9.17) is 10.00 Å². The van der Waals surface area contributed by atoms with E-state index in [1.807, 2.05) is 18.3 Å². The molecule has 0 spiro atoms. The summed E-state index contributed by atoms with van der Waals surface area (Å²) < 4.78 is 5.47. The normalized spacial score (nSPS) is 19.8. The van der Waals surface area contributed by atoms with Gasteiger partial charge in [-0.1, -0.05) is 0 Å². The van der Waals surface area contributed by atoms with Crippen LogP contribution < -0.4 is 10.2 Å². The molecule has 1 saturated heterocycles. The highest BCUT2D eigenvalue weighted by molar-refractivity contribution is 6.10. The lowest BCUT2D eigenvalue weighted by Gasteiger charge is -2.38. The molecule has 2 atom stereocenters. The molecule has 1 aliphatic rings. The number of alkyl carbamates (subject to hydrolysis) is 1. The van der Waals surface area contributed by atoms with Gasteiger partial charge in [-0.15, -0.1) is 5.10 Å². The van der Waals surface area contributed by atoms with Gasteiger partial charge in [0.15, 0.2) is 5.82 Å². The molecule has 3 aromatic heterocycles. The first-order valence-corrected chi connectivity index (χ1v) is 8.83. The summed E-state index contributed by atoms with van der Waals surface area (Å²) in [5, 5.41) is 22.4. The van der Waals surface area contributed by atoms with Crippen LogP contribution in [0.4, 0.5) is 10.6 Å². The van der Waals surface area contributed by atoms with Gasteiger partial charge in [0, 0.05) is 34.6 Å². The Morgan fingerprint density at radius 3 is 3.22 bits per heavy atom. The first-order valence-electron chi connectivity index (χ1n) is 8.83. The van der Waals surface area contributed by atoms with Crippen molar-refractivity contribution in [3.63, 3.8) is 0 Å². The van der Waals surface area contributed by atoms with Crippen LogP contribution in [0.2, 0.25) is 0 Å². The molecule has 1 aliphatic heterocycles. The Morgan fingerprint density at radius 1 is 1.48 bits per heavy atom. The Hall–Kier alpha value is -3.41. The number of piperidine rings is 1. The number of hydrogen-bond donors (Lipinski definition) is 2. The van der Waals surface area contributed by atoms with E-state index in [0.29, 0.717) is 6.54 Å². The fraction of sp³-hybridized carbons (Fsp3) is 0.389. The zero-order valence-corrected chi connectivity index (χ0v) is 14.8. The van der Waals surface area contributed by atoms with Crippen molar-refractivity contribution in [2.45, 2.75) is 31.9 Å². The van der Waals surface area contributed by atoms with Gasteiger partial charge >= 0.3 is 6.09 Å². The first kappa shape index (κ1) is 17.0. The standard InChI is InChI=1S/C18H19N7O2/c1-11-2-3-13(27-18(26)21-7-5-19)10-25(11)17-15-12(9-23-24-17)8-22-16-14(15)4-6-20-16/h4,6,8-9,11,13H,2-3,7,10H2,1H3,(H,20,22)(H,21,26). The number of nitrogens with zero attached hydrogens (tertiary/aromatic N) is 5. The molecule has 2 N–H and O–H groups in total. The fourth-order valence-corrected chi connectivity index (χ4v) is 3.54. The third-order valence-electron chi connectivity index (χ3n) is 4.89. The number of amides is 1. The number of carbonyl (C=O) groups is 1. The van der Waals surface area contributed by atoms with Gasteiger partial charge in [0.2, 0.25) is 0 Å². The zero-order chi connectivity index (χ0) is 18.8.